The zero-order chi connectivity index (χ0) is 18.7. The first-order valence-electron chi connectivity index (χ1n) is 8.69. The van der Waals surface area contributed by atoms with E-state index in [0.29, 0.717) is 30.2 Å². The lowest BCUT2D eigenvalue weighted by atomic mass is 10.2. The Morgan fingerprint density at radius 2 is 1.69 bits per heavy atom. The van der Waals surface area contributed by atoms with Crippen molar-refractivity contribution in [3.05, 3.63) is 42.1 Å². The number of para-hydroxylation sites is 1. The van der Waals surface area contributed by atoms with Crippen LogP contribution in [-0.4, -0.2) is 36.4 Å². The number of piperidine rings is 1. The van der Waals surface area contributed by atoms with Crippen LogP contribution in [0.4, 0.5) is 16.2 Å². The van der Waals surface area contributed by atoms with Crippen molar-refractivity contribution >= 4 is 27.4 Å². The Morgan fingerprint density at radius 3 is 2.35 bits per heavy atom. The number of sulfonamides is 1. The summed E-state index contributed by atoms with van der Waals surface area (Å²) in [4.78, 5) is 12.2. The van der Waals surface area contributed by atoms with E-state index < -0.39 is 16.1 Å². The van der Waals surface area contributed by atoms with Crippen LogP contribution in [0.2, 0.25) is 0 Å². The lowest BCUT2D eigenvalue weighted by Crippen LogP contribution is -2.36. The van der Waals surface area contributed by atoms with E-state index in [4.69, 9.17) is 0 Å². The van der Waals surface area contributed by atoms with E-state index in [0.717, 1.165) is 19.3 Å². The number of hydrogen-bond acceptors (Lipinski definition) is 3. The Bertz CT molecular complexity index is 885. The molecule has 1 aliphatic heterocycles. The molecule has 8 heteroatoms. The van der Waals surface area contributed by atoms with Gasteiger partial charge >= 0.3 is 6.03 Å². The number of nitrogens with zero attached hydrogens (tertiary/aromatic N) is 2. The molecule has 2 amide bonds. The molecule has 2 N–H and O–H groups in total. The van der Waals surface area contributed by atoms with Gasteiger partial charge in [-0.15, -0.1) is 0 Å². The molecule has 26 heavy (non-hydrogen) atoms. The minimum Gasteiger partial charge on any atom is -0.336 e. The van der Waals surface area contributed by atoms with Gasteiger partial charge in [0.15, 0.2) is 5.03 Å². The number of carbonyl (C=O) groups is 1. The standard InChI is InChI=1S/C18H24N4O3S/c1-14-16(20-18(23)19-15-9-5-3-6-10-15)13-17(21(14)2)26(24,25)22-11-7-4-8-12-22/h3,5-6,9-10,13H,4,7-8,11-12H2,1-2H3,(H2,19,20,23). The summed E-state index contributed by atoms with van der Waals surface area (Å²) in [6.07, 6.45) is 2.82. The Kier molecular flexibility index (Phi) is 5.33. The van der Waals surface area contributed by atoms with Gasteiger partial charge in [-0.2, -0.15) is 4.31 Å². The molecule has 140 valence electrons. The van der Waals surface area contributed by atoms with Crippen LogP contribution in [0.3, 0.4) is 0 Å². The molecule has 0 aliphatic carbocycles. The third-order valence-electron chi connectivity index (χ3n) is 4.69. The average Bonchev–Trinajstić information content (AvgIpc) is 2.92. The number of benzene rings is 1. The van der Waals surface area contributed by atoms with Gasteiger partial charge in [-0.3, -0.25) is 0 Å². The van der Waals surface area contributed by atoms with Crippen LogP contribution in [0.5, 0.6) is 0 Å². The maximum absolute atomic E-state index is 12.9. The molecule has 0 unspecified atom stereocenters. The van der Waals surface area contributed by atoms with Crippen molar-refractivity contribution in [2.75, 3.05) is 23.7 Å². The fourth-order valence-corrected chi connectivity index (χ4v) is 4.84. The molecule has 3 rings (SSSR count). The first-order valence-corrected chi connectivity index (χ1v) is 10.1. The number of anilines is 2. The molecule has 1 saturated heterocycles. The fourth-order valence-electron chi connectivity index (χ4n) is 3.09. The van der Waals surface area contributed by atoms with E-state index in [9.17, 15) is 13.2 Å². The number of rotatable bonds is 4. The maximum atomic E-state index is 12.9. The van der Waals surface area contributed by atoms with Gasteiger partial charge in [-0.25, -0.2) is 13.2 Å². The molecular formula is C18H24N4O3S. The fraction of sp³-hybridized carbons (Fsp3) is 0.389. The molecule has 0 radical (unpaired) electrons. The number of nitrogens with one attached hydrogen (secondary N) is 2. The molecule has 0 saturated carbocycles. The lowest BCUT2D eigenvalue weighted by Gasteiger charge is -2.25. The van der Waals surface area contributed by atoms with E-state index in [1.165, 1.54) is 10.4 Å². The molecule has 0 atom stereocenters. The number of urea groups is 1. The summed E-state index contributed by atoms with van der Waals surface area (Å²) in [7, 11) is -1.86. The van der Waals surface area contributed by atoms with Crippen LogP contribution in [0.15, 0.2) is 41.4 Å². The molecule has 2 heterocycles. The monoisotopic (exact) mass is 376 g/mol. The molecular weight excluding hydrogens is 352 g/mol. The second-order valence-corrected chi connectivity index (χ2v) is 8.34. The lowest BCUT2D eigenvalue weighted by molar-refractivity contribution is 0.262. The Hall–Kier alpha value is -2.32. The number of aromatic nitrogens is 1. The van der Waals surface area contributed by atoms with Crippen LogP contribution in [0.25, 0.3) is 0 Å². The van der Waals surface area contributed by atoms with E-state index in [2.05, 4.69) is 10.6 Å². The van der Waals surface area contributed by atoms with Crippen molar-refractivity contribution in [2.24, 2.45) is 7.05 Å². The minimum atomic E-state index is -3.56. The van der Waals surface area contributed by atoms with Gasteiger partial charge in [0.05, 0.1) is 5.69 Å². The Morgan fingerprint density at radius 1 is 1.04 bits per heavy atom. The quantitative estimate of drug-likeness (QED) is 0.860. The summed E-state index contributed by atoms with van der Waals surface area (Å²) in [5, 5.41) is 5.67. The second kappa shape index (κ2) is 7.51. The zero-order valence-corrected chi connectivity index (χ0v) is 15.8. The third kappa shape index (κ3) is 3.76. The normalized spacial score (nSPS) is 15.6. The van der Waals surface area contributed by atoms with Crippen molar-refractivity contribution in [3.8, 4) is 0 Å². The SMILES string of the molecule is Cc1c(NC(=O)Nc2ccccc2)cc(S(=O)(=O)N2CCCCC2)n1C. The smallest absolute Gasteiger partial charge is 0.323 e. The highest BCUT2D eigenvalue weighted by Crippen LogP contribution is 2.27. The van der Waals surface area contributed by atoms with Crippen LogP contribution in [0, 0.1) is 6.92 Å². The minimum absolute atomic E-state index is 0.201. The summed E-state index contributed by atoms with van der Waals surface area (Å²) in [6, 6.07) is 10.2. The number of carbonyl (C=O) groups excluding carboxylic acids is 1. The molecule has 7 nitrogen and oxygen atoms in total. The van der Waals surface area contributed by atoms with Gasteiger partial charge in [-0.1, -0.05) is 24.6 Å². The molecule has 1 aromatic carbocycles. The maximum Gasteiger partial charge on any atom is 0.323 e. The first-order chi connectivity index (χ1) is 12.4. The predicted molar refractivity (Wildman–Crippen MR) is 102 cm³/mol. The Balaban J connectivity index is 1.79. The van der Waals surface area contributed by atoms with E-state index in [1.54, 1.807) is 30.7 Å². The molecule has 0 bridgehead atoms. The highest BCUT2D eigenvalue weighted by atomic mass is 32.2. The molecule has 0 spiro atoms. The molecule has 1 fully saturated rings. The predicted octanol–water partition coefficient (Wildman–Crippen LogP) is 3.15. The number of amides is 2. The number of hydrogen-bond donors (Lipinski definition) is 2. The van der Waals surface area contributed by atoms with Gasteiger partial charge < -0.3 is 15.2 Å². The van der Waals surface area contributed by atoms with E-state index in [1.807, 2.05) is 18.2 Å². The van der Waals surface area contributed by atoms with Crippen molar-refractivity contribution in [2.45, 2.75) is 31.2 Å². The van der Waals surface area contributed by atoms with Crippen molar-refractivity contribution in [1.82, 2.24) is 8.87 Å². The summed E-state index contributed by atoms with van der Waals surface area (Å²) in [5.41, 5.74) is 1.83. The van der Waals surface area contributed by atoms with Gasteiger partial charge in [0.25, 0.3) is 10.0 Å². The van der Waals surface area contributed by atoms with Crippen molar-refractivity contribution in [3.63, 3.8) is 0 Å². The van der Waals surface area contributed by atoms with Crippen LogP contribution >= 0.6 is 0 Å². The summed E-state index contributed by atoms with van der Waals surface area (Å²) < 4.78 is 29.0. The molecule has 2 aromatic rings. The van der Waals surface area contributed by atoms with Gasteiger partial charge in [-0.05, 0) is 31.9 Å². The highest BCUT2D eigenvalue weighted by molar-refractivity contribution is 7.89. The van der Waals surface area contributed by atoms with Crippen molar-refractivity contribution in [1.29, 1.82) is 0 Å². The zero-order valence-electron chi connectivity index (χ0n) is 15.0. The molecule has 1 aromatic heterocycles. The summed E-state index contributed by atoms with van der Waals surface area (Å²) >= 11 is 0. The van der Waals surface area contributed by atoms with Gasteiger partial charge in [0.2, 0.25) is 0 Å². The van der Waals surface area contributed by atoms with E-state index >= 15 is 0 Å². The van der Waals surface area contributed by atoms with Gasteiger partial charge in [0, 0.05) is 37.6 Å². The average molecular weight is 376 g/mol. The summed E-state index contributed by atoms with van der Waals surface area (Å²) in [5.74, 6) is 0. The van der Waals surface area contributed by atoms with Crippen LogP contribution in [-0.2, 0) is 17.1 Å². The van der Waals surface area contributed by atoms with Crippen molar-refractivity contribution < 1.29 is 13.2 Å². The largest absolute Gasteiger partial charge is 0.336 e. The Labute approximate surface area is 154 Å². The summed E-state index contributed by atoms with van der Waals surface area (Å²) in [6.45, 7) is 2.88. The third-order valence-corrected chi connectivity index (χ3v) is 6.66. The highest BCUT2D eigenvalue weighted by Gasteiger charge is 2.30. The molecule has 1 aliphatic rings. The second-order valence-electron chi connectivity index (χ2n) is 6.45. The van der Waals surface area contributed by atoms with E-state index in [-0.39, 0.29) is 5.03 Å². The topological polar surface area (TPSA) is 83.4 Å². The van der Waals surface area contributed by atoms with Gasteiger partial charge in [0.1, 0.15) is 0 Å². The first kappa shape index (κ1) is 18.5. The van der Waals surface area contributed by atoms with Crippen LogP contribution in [0.1, 0.15) is 25.0 Å². The van der Waals surface area contributed by atoms with Crippen LogP contribution < -0.4 is 10.6 Å².